The first-order valence-corrected chi connectivity index (χ1v) is 9.86. The highest BCUT2D eigenvalue weighted by Gasteiger charge is 2.44. The Bertz CT molecular complexity index is 1050. The van der Waals surface area contributed by atoms with Crippen molar-refractivity contribution in [1.82, 2.24) is 10.2 Å². The molecular formula is C22H24N2O7. The van der Waals surface area contributed by atoms with Gasteiger partial charge in [-0.15, -0.1) is 10.2 Å². The molecule has 4 rings (SSSR count). The van der Waals surface area contributed by atoms with Crippen molar-refractivity contribution in [2.75, 3.05) is 6.61 Å². The minimum absolute atomic E-state index is 0.441. The molecule has 1 saturated heterocycles. The minimum Gasteiger partial charge on any atom is -0.462 e. The second-order valence-corrected chi connectivity index (χ2v) is 7.50. The van der Waals surface area contributed by atoms with Crippen LogP contribution in [0.3, 0.4) is 0 Å². The van der Waals surface area contributed by atoms with Gasteiger partial charge >= 0.3 is 0 Å². The molecule has 164 valence electrons. The lowest BCUT2D eigenvalue weighted by molar-refractivity contribution is -0.277. The van der Waals surface area contributed by atoms with E-state index in [0.717, 1.165) is 22.3 Å². The van der Waals surface area contributed by atoms with Gasteiger partial charge in [0, 0.05) is 12.5 Å². The van der Waals surface area contributed by atoms with Crippen molar-refractivity contribution in [2.24, 2.45) is 0 Å². The molecule has 0 radical (unpaired) electrons. The Morgan fingerprint density at radius 2 is 1.65 bits per heavy atom. The van der Waals surface area contributed by atoms with Crippen molar-refractivity contribution in [1.29, 1.82) is 0 Å². The number of rotatable bonds is 5. The Labute approximate surface area is 178 Å². The molecule has 9 nitrogen and oxygen atoms in total. The lowest BCUT2D eigenvalue weighted by Gasteiger charge is -2.39. The summed E-state index contributed by atoms with van der Waals surface area (Å²) in [4.78, 5) is 0. The quantitative estimate of drug-likeness (QED) is 0.472. The van der Waals surface area contributed by atoms with Crippen LogP contribution in [0.5, 0.6) is 5.75 Å². The first-order valence-electron chi connectivity index (χ1n) is 9.86. The van der Waals surface area contributed by atoms with Gasteiger partial charge in [0.2, 0.25) is 18.1 Å². The van der Waals surface area contributed by atoms with E-state index in [1.54, 1.807) is 13.0 Å². The molecule has 2 heterocycles. The lowest BCUT2D eigenvalue weighted by atomic mass is 9.99. The van der Waals surface area contributed by atoms with E-state index in [1.165, 1.54) is 0 Å². The maximum Gasteiger partial charge on any atom is 0.247 e. The van der Waals surface area contributed by atoms with Gasteiger partial charge in [-0.3, -0.25) is 0 Å². The molecular weight excluding hydrogens is 404 g/mol. The van der Waals surface area contributed by atoms with E-state index in [0.29, 0.717) is 17.5 Å². The molecule has 4 N–H and O–H groups in total. The van der Waals surface area contributed by atoms with Crippen LogP contribution < -0.4 is 4.74 Å². The molecule has 0 spiro atoms. The molecule has 0 saturated carbocycles. The number of aliphatic hydroxyl groups is 4. The Morgan fingerprint density at radius 3 is 2.32 bits per heavy atom. The van der Waals surface area contributed by atoms with Gasteiger partial charge in [-0.1, -0.05) is 18.2 Å². The van der Waals surface area contributed by atoms with Crippen LogP contribution in [0.4, 0.5) is 0 Å². The predicted molar refractivity (Wildman–Crippen MR) is 109 cm³/mol. The predicted octanol–water partition coefficient (Wildman–Crippen LogP) is 1.20. The molecule has 31 heavy (non-hydrogen) atoms. The fraction of sp³-hybridized carbons (Fsp3) is 0.364. The molecule has 1 aliphatic rings. The summed E-state index contributed by atoms with van der Waals surface area (Å²) in [5.74, 6) is 1.38. The molecule has 0 aliphatic carbocycles. The number of benzene rings is 2. The number of aryl methyl sites for hydroxylation is 2. The third kappa shape index (κ3) is 4.32. The third-order valence-corrected chi connectivity index (χ3v) is 5.24. The normalized spacial score (nSPS) is 26.1. The van der Waals surface area contributed by atoms with Gasteiger partial charge in [0.05, 0.1) is 6.61 Å². The van der Waals surface area contributed by atoms with Crippen LogP contribution in [0.2, 0.25) is 0 Å². The van der Waals surface area contributed by atoms with Crippen LogP contribution in [-0.4, -0.2) is 67.9 Å². The molecule has 0 unspecified atom stereocenters. The van der Waals surface area contributed by atoms with Crippen molar-refractivity contribution in [2.45, 2.75) is 44.6 Å². The molecule has 0 bridgehead atoms. The van der Waals surface area contributed by atoms with Gasteiger partial charge in [0.1, 0.15) is 30.2 Å². The molecule has 9 heteroatoms. The summed E-state index contributed by atoms with van der Waals surface area (Å²) in [6.07, 6.45) is -6.65. The van der Waals surface area contributed by atoms with Gasteiger partial charge in [-0.25, -0.2) is 0 Å². The van der Waals surface area contributed by atoms with Crippen LogP contribution in [0.25, 0.3) is 22.6 Å². The number of aromatic nitrogens is 2. The number of hydrogen-bond donors (Lipinski definition) is 4. The van der Waals surface area contributed by atoms with Crippen LogP contribution in [0, 0.1) is 13.8 Å². The fourth-order valence-corrected chi connectivity index (χ4v) is 3.50. The van der Waals surface area contributed by atoms with Crippen molar-refractivity contribution in [3.8, 4) is 28.3 Å². The molecule has 1 aliphatic heterocycles. The number of aliphatic hydroxyl groups excluding tert-OH is 4. The largest absolute Gasteiger partial charge is 0.462 e. The zero-order valence-corrected chi connectivity index (χ0v) is 17.0. The molecule has 0 amide bonds. The Hall–Kier alpha value is -2.82. The summed E-state index contributed by atoms with van der Waals surface area (Å²) >= 11 is 0. The molecule has 1 fully saturated rings. The third-order valence-electron chi connectivity index (χ3n) is 5.24. The average molecular weight is 428 g/mol. The van der Waals surface area contributed by atoms with E-state index < -0.39 is 37.3 Å². The molecule has 1 aromatic heterocycles. The van der Waals surface area contributed by atoms with Gasteiger partial charge in [0.15, 0.2) is 0 Å². The highest BCUT2D eigenvalue weighted by molar-refractivity contribution is 5.70. The van der Waals surface area contributed by atoms with E-state index >= 15 is 0 Å². The first kappa shape index (κ1) is 21.4. The second-order valence-electron chi connectivity index (χ2n) is 7.50. The number of hydrogen-bond acceptors (Lipinski definition) is 9. The van der Waals surface area contributed by atoms with Crippen LogP contribution in [-0.2, 0) is 4.74 Å². The lowest BCUT2D eigenvalue weighted by Crippen LogP contribution is -2.60. The monoisotopic (exact) mass is 428 g/mol. The highest BCUT2D eigenvalue weighted by atomic mass is 16.7. The van der Waals surface area contributed by atoms with E-state index in [4.69, 9.17) is 13.9 Å². The Balaban J connectivity index is 1.55. The van der Waals surface area contributed by atoms with E-state index in [2.05, 4.69) is 10.2 Å². The van der Waals surface area contributed by atoms with Crippen LogP contribution >= 0.6 is 0 Å². The number of ether oxygens (including phenoxy) is 2. The van der Waals surface area contributed by atoms with Gasteiger partial charge < -0.3 is 34.3 Å². The topological polar surface area (TPSA) is 138 Å². The summed E-state index contributed by atoms with van der Waals surface area (Å²) in [6.45, 7) is 3.06. The summed E-state index contributed by atoms with van der Waals surface area (Å²) in [5.41, 5.74) is 3.44. The zero-order valence-electron chi connectivity index (χ0n) is 17.0. The van der Waals surface area contributed by atoms with E-state index in [-0.39, 0.29) is 0 Å². The first-order chi connectivity index (χ1) is 14.9. The Kier molecular flexibility index (Phi) is 6.03. The van der Waals surface area contributed by atoms with Crippen molar-refractivity contribution < 1.29 is 34.3 Å². The summed E-state index contributed by atoms with van der Waals surface area (Å²) in [6, 6.07) is 13.2. The maximum atomic E-state index is 10.2. The zero-order chi connectivity index (χ0) is 22.1. The van der Waals surface area contributed by atoms with E-state index in [9.17, 15) is 20.4 Å². The van der Waals surface area contributed by atoms with Crippen LogP contribution in [0.1, 0.15) is 11.5 Å². The summed E-state index contributed by atoms with van der Waals surface area (Å²) < 4.78 is 16.7. The Morgan fingerprint density at radius 1 is 0.903 bits per heavy atom. The molecule has 2 aromatic carbocycles. The molecule has 3 aromatic rings. The number of nitrogens with zero attached hydrogens (tertiary/aromatic N) is 2. The second kappa shape index (κ2) is 8.74. The summed E-state index contributed by atoms with van der Waals surface area (Å²) in [5, 5.41) is 47.3. The van der Waals surface area contributed by atoms with Gasteiger partial charge in [-0.2, -0.15) is 0 Å². The highest BCUT2D eigenvalue weighted by Crippen LogP contribution is 2.31. The maximum absolute atomic E-state index is 10.2. The van der Waals surface area contributed by atoms with Crippen molar-refractivity contribution in [3.63, 3.8) is 0 Å². The smallest absolute Gasteiger partial charge is 0.247 e. The minimum atomic E-state index is -1.49. The van der Waals surface area contributed by atoms with Crippen molar-refractivity contribution in [3.05, 3.63) is 53.9 Å². The summed E-state index contributed by atoms with van der Waals surface area (Å²) in [7, 11) is 0. The fourth-order valence-electron chi connectivity index (χ4n) is 3.50. The van der Waals surface area contributed by atoms with E-state index in [1.807, 2.05) is 43.3 Å². The van der Waals surface area contributed by atoms with Crippen LogP contribution in [0.15, 0.2) is 46.9 Å². The SMILES string of the molecule is Cc1nnc(-c2cccc(-c3ccc(O[C@H]4O[C@@H](CO)[C@@H](O)[C@H](O)[C@H]4O)c(C)c3)c2)o1. The van der Waals surface area contributed by atoms with Gasteiger partial charge in [0.25, 0.3) is 0 Å². The van der Waals surface area contributed by atoms with Gasteiger partial charge in [-0.05, 0) is 47.9 Å². The average Bonchev–Trinajstić information content (AvgIpc) is 3.21. The van der Waals surface area contributed by atoms with Crippen molar-refractivity contribution >= 4 is 0 Å². The standard InChI is InChI=1S/C22H24N2O7/c1-11-8-14(13-4-3-5-15(9-13)21-24-23-12(2)29-21)6-7-16(11)30-22-20(28)19(27)18(26)17(10-25)31-22/h3-9,17-20,22,25-28H,10H2,1-2H3/t17-,18+,19-,20+,22-/m0/s1. The molecule has 5 atom stereocenters.